The molecule has 2 amide bonds. The van der Waals surface area contributed by atoms with Gasteiger partial charge < -0.3 is 14.2 Å². The second-order valence-electron chi connectivity index (χ2n) is 5.89. The van der Waals surface area contributed by atoms with Gasteiger partial charge in [-0.1, -0.05) is 11.6 Å². The van der Waals surface area contributed by atoms with Gasteiger partial charge in [0.25, 0.3) is 11.8 Å². The molecule has 0 radical (unpaired) electrons. The number of nitrogens with zero attached hydrogens (tertiary/aromatic N) is 1. The molecular formula is C19H13ClN2O5S. The third-order valence-corrected chi connectivity index (χ3v) is 4.71. The van der Waals surface area contributed by atoms with Gasteiger partial charge in [0, 0.05) is 5.02 Å². The van der Waals surface area contributed by atoms with E-state index in [0.717, 1.165) is 0 Å². The molecule has 2 aromatic rings. The number of fused-ring (bicyclic) bond motifs is 1. The number of amides is 2. The van der Waals surface area contributed by atoms with Crippen LogP contribution in [0.4, 0.5) is 5.69 Å². The molecule has 2 heterocycles. The Bertz CT molecular complexity index is 1040. The van der Waals surface area contributed by atoms with E-state index in [0.29, 0.717) is 33.5 Å². The van der Waals surface area contributed by atoms with Crippen molar-refractivity contribution in [3.05, 3.63) is 52.6 Å². The Morgan fingerprint density at radius 1 is 1.21 bits per heavy atom. The van der Waals surface area contributed by atoms with Crippen molar-refractivity contribution in [2.24, 2.45) is 0 Å². The quantitative estimate of drug-likeness (QED) is 0.471. The summed E-state index contributed by atoms with van der Waals surface area (Å²) in [5.41, 5.74) is 0.960. The number of hydrogen-bond acceptors (Lipinski definition) is 6. The van der Waals surface area contributed by atoms with Crippen LogP contribution in [0.3, 0.4) is 0 Å². The molecule has 1 fully saturated rings. The molecule has 2 aliphatic rings. The smallest absolute Gasteiger partial charge is 0.270 e. The van der Waals surface area contributed by atoms with Crippen LogP contribution in [-0.4, -0.2) is 30.8 Å². The Hall–Kier alpha value is -3.10. The third kappa shape index (κ3) is 3.17. The summed E-state index contributed by atoms with van der Waals surface area (Å²) in [4.78, 5) is 26.7. The lowest BCUT2D eigenvalue weighted by atomic mass is 10.1. The topological polar surface area (TPSA) is 77.1 Å². The molecule has 7 nitrogen and oxygen atoms in total. The highest BCUT2D eigenvalue weighted by atomic mass is 35.5. The first-order chi connectivity index (χ1) is 13.5. The van der Waals surface area contributed by atoms with Gasteiger partial charge in [-0.05, 0) is 60.3 Å². The Kier molecular flexibility index (Phi) is 4.66. The van der Waals surface area contributed by atoms with E-state index in [2.05, 4.69) is 5.32 Å². The summed E-state index contributed by atoms with van der Waals surface area (Å²) in [6.45, 7) is 0.0732. The number of hydrogen-bond donors (Lipinski definition) is 1. The molecule has 9 heteroatoms. The Labute approximate surface area is 170 Å². The summed E-state index contributed by atoms with van der Waals surface area (Å²) >= 11 is 11.1. The van der Waals surface area contributed by atoms with Crippen LogP contribution < -0.4 is 24.4 Å². The maximum absolute atomic E-state index is 13.0. The maximum atomic E-state index is 13.0. The second-order valence-corrected chi connectivity index (χ2v) is 6.71. The minimum absolute atomic E-state index is 0.00209. The summed E-state index contributed by atoms with van der Waals surface area (Å²) in [5.74, 6) is 0.258. The third-order valence-electron chi connectivity index (χ3n) is 4.18. The fourth-order valence-electron chi connectivity index (χ4n) is 2.88. The molecular weight excluding hydrogens is 404 g/mol. The molecule has 0 spiro atoms. The Morgan fingerprint density at radius 3 is 2.68 bits per heavy atom. The first kappa shape index (κ1) is 18.3. The molecule has 142 valence electrons. The van der Waals surface area contributed by atoms with E-state index in [-0.39, 0.29) is 17.5 Å². The van der Waals surface area contributed by atoms with Gasteiger partial charge in [0.05, 0.1) is 12.8 Å². The normalized spacial score (nSPS) is 17.1. The van der Waals surface area contributed by atoms with E-state index < -0.39 is 11.8 Å². The van der Waals surface area contributed by atoms with Crippen LogP contribution in [0.1, 0.15) is 5.56 Å². The average molecular weight is 417 g/mol. The molecule has 0 aromatic heterocycles. The van der Waals surface area contributed by atoms with Crippen molar-refractivity contribution >= 4 is 52.5 Å². The Balaban J connectivity index is 1.74. The van der Waals surface area contributed by atoms with Gasteiger partial charge >= 0.3 is 0 Å². The second kappa shape index (κ2) is 7.14. The number of anilines is 1. The SMILES string of the molecule is COc1cc(/C=C2\C(=O)NC(=S)N(c3ccc(Cl)cc3)C2=O)cc2c1OCO2. The van der Waals surface area contributed by atoms with Crippen molar-refractivity contribution in [2.45, 2.75) is 0 Å². The largest absolute Gasteiger partial charge is 0.493 e. The minimum atomic E-state index is -0.586. The van der Waals surface area contributed by atoms with Gasteiger partial charge in [-0.3, -0.25) is 19.8 Å². The number of rotatable bonds is 3. The molecule has 0 unspecified atom stereocenters. The lowest BCUT2D eigenvalue weighted by molar-refractivity contribution is -0.122. The number of nitrogens with one attached hydrogen (secondary N) is 1. The summed E-state index contributed by atoms with van der Waals surface area (Å²) in [6, 6.07) is 9.87. The fourth-order valence-corrected chi connectivity index (χ4v) is 3.29. The summed E-state index contributed by atoms with van der Waals surface area (Å²) < 4.78 is 16.0. The van der Waals surface area contributed by atoms with E-state index in [1.54, 1.807) is 36.4 Å². The standard InChI is InChI=1S/C19H13ClN2O5S/c1-25-14-7-10(8-15-16(14)27-9-26-15)6-13-17(23)21-19(28)22(18(13)24)12-4-2-11(20)3-5-12/h2-8H,9H2,1H3,(H,21,23,28)/b13-6+. The molecule has 2 aliphatic heterocycles. The summed E-state index contributed by atoms with van der Waals surface area (Å²) in [7, 11) is 1.49. The minimum Gasteiger partial charge on any atom is -0.493 e. The molecule has 2 aromatic carbocycles. The van der Waals surface area contributed by atoms with E-state index in [1.807, 2.05) is 0 Å². The van der Waals surface area contributed by atoms with E-state index >= 15 is 0 Å². The van der Waals surface area contributed by atoms with Crippen LogP contribution in [0.25, 0.3) is 6.08 Å². The van der Waals surface area contributed by atoms with Crippen molar-refractivity contribution in [2.75, 3.05) is 18.8 Å². The van der Waals surface area contributed by atoms with E-state index in [1.165, 1.54) is 18.1 Å². The van der Waals surface area contributed by atoms with Crippen molar-refractivity contribution in [1.82, 2.24) is 5.32 Å². The first-order valence-corrected chi connectivity index (χ1v) is 8.91. The average Bonchev–Trinajstić information content (AvgIpc) is 3.14. The number of carbonyl (C=O) groups excluding carboxylic acids is 2. The van der Waals surface area contributed by atoms with Gasteiger partial charge in [-0.15, -0.1) is 0 Å². The summed E-state index contributed by atoms with van der Waals surface area (Å²) in [6.07, 6.45) is 1.45. The van der Waals surface area contributed by atoms with Crippen LogP contribution in [0.2, 0.25) is 5.02 Å². The number of halogens is 1. The molecule has 1 N–H and O–H groups in total. The van der Waals surface area contributed by atoms with Crippen LogP contribution in [-0.2, 0) is 9.59 Å². The van der Waals surface area contributed by atoms with Crippen molar-refractivity contribution < 1.29 is 23.8 Å². The van der Waals surface area contributed by atoms with Gasteiger partial charge in [0.2, 0.25) is 12.5 Å². The number of benzene rings is 2. The Morgan fingerprint density at radius 2 is 1.96 bits per heavy atom. The van der Waals surface area contributed by atoms with Crippen molar-refractivity contribution in [3.8, 4) is 17.2 Å². The summed E-state index contributed by atoms with van der Waals surface area (Å²) in [5, 5.41) is 3.05. The van der Waals surface area contributed by atoms with Gasteiger partial charge in [-0.25, -0.2) is 0 Å². The van der Waals surface area contributed by atoms with Gasteiger partial charge in [0.15, 0.2) is 16.6 Å². The van der Waals surface area contributed by atoms with Crippen LogP contribution in [0.15, 0.2) is 42.0 Å². The molecule has 0 aliphatic carbocycles. The molecule has 0 saturated carbocycles. The van der Waals surface area contributed by atoms with E-state index in [4.69, 9.17) is 38.0 Å². The molecule has 4 rings (SSSR count). The predicted octanol–water partition coefficient (Wildman–Crippen LogP) is 2.91. The van der Waals surface area contributed by atoms with Gasteiger partial charge in [0.1, 0.15) is 5.57 Å². The highest BCUT2D eigenvalue weighted by Gasteiger charge is 2.34. The highest BCUT2D eigenvalue weighted by molar-refractivity contribution is 7.80. The van der Waals surface area contributed by atoms with Crippen LogP contribution in [0, 0.1) is 0 Å². The number of thiocarbonyl (C=S) groups is 1. The molecule has 28 heavy (non-hydrogen) atoms. The fraction of sp³-hybridized carbons (Fsp3) is 0.105. The number of ether oxygens (including phenoxy) is 3. The van der Waals surface area contributed by atoms with Crippen LogP contribution >= 0.6 is 23.8 Å². The zero-order chi connectivity index (χ0) is 19.8. The van der Waals surface area contributed by atoms with Crippen LogP contribution in [0.5, 0.6) is 17.2 Å². The monoisotopic (exact) mass is 416 g/mol. The van der Waals surface area contributed by atoms with Gasteiger partial charge in [-0.2, -0.15) is 0 Å². The predicted molar refractivity (Wildman–Crippen MR) is 107 cm³/mol. The maximum Gasteiger partial charge on any atom is 0.270 e. The van der Waals surface area contributed by atoms with Crippen molar-refractivity contribution in [1.29, 1.82) is 0 Å². The van der Waals surface area contributed by atoms with E-state index in [9.17, 15) is 9.59 Å². The molecule has 0 bridgehead atoms. The number of methoxy groups -OCH3 is 1. The molecule has 0 atom stereocenters. The zero-order valence-electron chi connectivity index (χ0n) is 14.5. The van der Waals surface area contributed by atoms with Crippen molar-refractivity contribution in [3.63, 3.8) is 0 Å². The lowest BCUT2D eigenvalue weighted by Crippen LogP contribution is -2.54. The number of carbonyl (C=O) groups is 2. The lowest BCUT2D eigenvalue weighted by Gasteiger charge is -2.29. The zero-order valence-corrected chi connectivity index (χ0v) is 16.1. The molecule has 1 saturated heterocycles. The first-order valence-electron chi connectivity index (χ1n) is 8.12. The highest BCUT2D eigenvalue weighted by Crippen LogP contribution is 2.42.